The summed E-state index contributed by atoms with van der Waals surface area (Å²) in [6.45, 7) is 1.38. The van der Waals surface area contributed by atoms with E-state index in [-0.39, 0.29) is 17.7 Å². The van der Waals surface area contributed by atoms with Gasteiger partial charge in [-0.3, -0.25) is 9.89 Å². The van der Waals surface area contributed by atoms with Crippen LogP contribution in [0.15, 0.2) is 42.6 Å². The molecule has 1 aromatic heterocycles. The molecule has 0 unspecified atom stereocenters. The molecule has 2 aromatic carbocycles. The van der Waals surface area contributed by atoms with Crippen LogP contribution in [0.1, 0.15) is 24.0 Å². The fraction of sp³-hybridized carbons (Fsp3) is 0.364. The summed E-state index contributed by atoms with van der Waals surface area (Å²) in [6, 6.07) is 11.1. The molecule has 1 saturated heterocycles. The van der Waals surface area contributed by atoms with Gasteiger partial charge < -0.3 is 10.0 Å². The molecule has 2 N–H and O–H groups in total. The van der Waals surface area contributed by atoms with Gasteiger partial charge in [-0.05, 0) is 60.1 Å². The standard InChI is InChI=1S/C22H21Cl2N3O2/c23-16-3-1-13(2-4-16)5-21(28)27-11-14-8-22(29,9-15(14)12-27)19-6-17(24)7-20-18(19)10-25-26-20/h1-4,6-7,10,14-15,29H,5,8-9,11-12H2,(H,25,26)/t14-,15+,22+. The highest BCUT2D eigenvalue weighted by Crippen LogP contribution is 2.50. The van der Waals surface area contributed by atoms with Gasteiger partial charge in [0.25, 0.3) is 0 Å². The Morgan fingerprint density at radius 2 is 1.83 bits per heavy atom. The van der Waals surface area contributed by atoms with Crippen LogP contribution in [0.4, 0.5) is 0 Å². The van der Waals surface area contributed by atoms with Crippen molar-refractivity contribution in [3.8, 4) is 0 Å². The van der Waals surface area contributed by atoms with Gasteiger partial charge >= 0.3 is 0 Å². The smallest absolute Gasteiger partial charge is 0.227 e. The molecule has 0 spiro atoms. The van der Waals surface area contributed by atoms with Gasteiger partial charge in [0.1, 0.15) is 0 Å². The Kier molecular flexibility index (Phi) is 4.57. The van der Waals surface area contributed by atoms with Crippen molar-refractivity contribution in [2.75, 3.05) is 13.1 Å². The quantitative estimate of drug-likeness (QED) is 0.656. The Hall–Kier alpha value is -2.08. The second kappa shape index (κ2) is 7.01. The van der Waals surface area contributed by atoms with Gasteiger partial charge in [0.2, 0.25) is 5.91 Å². The molecule has 2 fully saturated rings. The van der Waals surface area contributed by atoms with Crippen LogP contribution in [-0.4, -0.2) is 39.2 Å². The third kappa shape index (κ3) is 3.41. The third-order valence-electron chi connectivity index (χ3n) is 6.42. The van der Waals surface area contributed by atoms with Crippen LogP contribution in [0, 0.1) is 11.8 Å². The van der Waals surface area contributed by atoms with E-state index in [9.17, 15) is 9.90 Å². The van der Waals surface area contributed by atoms with Crippen LogP contribution in [0.25, 0.3) is 10.9 Å². The van der Waals surface area contributed by atoms with Gasteiger partial charge in [0.05, 0.1) is 23.7 Å². The first-order valence-corrected chi connectivity index (χ1v) is 10.5. The molecule has 3 atom stereocenters. The minimum atomic E-state index is -0.937. The molecule has 1 amide bonds. The number of aromatic nitrogens is 2. The number of nitrogens with zero attached hydrogens (tertiary/aromatic N) is 2. The Labute approximate surface area is 178 Å². The number of halogens is 2. The van der Waals surface area contributed by atoms with Crippen molar-refractivity contribution in [1.29, 1.82) is 0 Å². The molecule has 7 heteroatoms. The number of aromatic amines is 1. The molecule has 2 heterocycles. The van der Waals surface area contributed by atoms with Crippen molar-refractivity contribution in [3.63, 3.8) is 0 Å². The van der Waals surface area contributed by atoms with Crippen molar-refractivity contribution in [2.45, 2.75) is 24.9 Å². The summed E-state index contributed by atoms with van der Waals surface area (Å²) in [5.41, 5.74) is 1.70. The average molecular weight is 430 g/mol. The van der Waals surface area contributed by atoms with Crippen LogP contribution in [0.3, 0.4) is 0 Å². The maximum absolute atomic E-state index is 12.7. The molecule has 5 rings (SSSR count). The van der Waals surface area contributed by atoms with Crippen LogP contribution < -0.4 is 0 Å². The molecule has 150 valence electrons. The number of benzene rings is 2. The van der Waals surface area contributed by atoms with Crippen molar-refractivity contribution in [3.05, 3.63) is 63.8 Å². The van der Waals surface area contributed by atoms with Gasteiger partial charge in [-0.2, -0.15) is 5.10 Å². The lowest BCUT2D eigenvalue weighted by molar-refractivity contribution is -0.130. The topological polar surface area (TPSA) is 69.2 Å². The predicted molar refractivity (Wildman–Crippen MR) is 113 cm³/mol. The summed E-state index contributed by atoms with van der Waals surface area (Å²) < 4.78 is 0. The lowest BCUT2D eigenvalue weighted by atomic mass is 9.88. The van der Waals surface area contributed by atoms with Crippen molar-refractivity contribution < 1.29 is 9.90 Å². The van der Waals surface area contributed by atoms with Crippen LogP contribution in [0.2, 0.25) is 10.0 Å². The Morgan fingerprint density at radius 3 is 2.52 bits per heavy atom. The fourth-order valence-electron chi connectivity index (χ4n) is 5.07. The molecule has 1 saturated carbocycles. The molecule has 0 radical (unpaired) electrons. The van der Waals surface area contributed by atoms with Crippen molar-refractivity contribution in [2.24, 2.45) is 11.8 Å². The van der Waals surface area contributed by atoms with Crippen LogP contribution in [-0.2, 0) is 16.8 Å². The summed E-state index contributed by atoms with van der Waals surface area (Å²) in [5, 5.41) is 20.7. The maximum atomic E-state index is 12.7. The number of carbonyl (C=O) groups is 1. The highest BCUT2D eigenvalue weighted by atomic mass is 35.5. The summed E-state index contributed by atoms with van der Waals surface area (Å²) in [7, 11) is 0. The predicted octanol–water partition coefficient (Wildman–Crippen LogP) is 4.17. The molecule has 29 heavy (non-hydrogen) atoms. The highest BCUT2D eigenvalue weighted by molar-refractivity contribution is 6.31. The number of nitrogens with one attached hydrogen (secondary N) is 1. The van der Waals surface area contributed by atoms with Gasteiger partial charge in [-0.25, -0.2) is 0 Å². The molecule has 1 aliphatic heterocycles. The van der Waals surface area contributed by atoms with E-state index >= 15 is 0 Å². The Morgan fingerprint density at radius 1 is 1.14 bits per heavy atom. The lowest BCUT2D eigenvalue weighted by Crippen LogP contribution is -2.33. The van der Waals surface area contributed by atoms with Crippen molar-refractivity contribution >= 4 is 40.0 Å². The molecule has 3 aromatic rings. The number of H-pyrrole nitrogens is 1. The molecule has 2 aliphatic rings. The van der Waals surface area contributed by atoms with Gasteiger partial charge in [-0.15, -0.1) is 0 Å². The minimum absolute atomic E-state index is 0.130. The molecule has 1 aliphatic carbocycles. The summed E-state index contributed by atoms with van der Waals surface area (Å²) in [5.74, 6) is 0.704. The fourth-order valence-corrected chi connectivity index (χ4v) is 5.41. The van der Waals surface area contributed by atoms with Gasteiger partial charge in [-0.1, -0.05) is 35.3 Å². The number of likely N-dealkylation sites (tertiary alicyclic amines) is 1. The SMILES string of the molecule is O=C(Cc1ccc(Cl)cc1)N1C[C@@H]2C[C@](O)(c3cc(Cl)cc4[nH]ncc34)C[C@@H]2C1. The molecule has 0 bridgehead atoms. The van der Waals surface area contributed by atoms with Crippen LogP contribution in [0.5, 0.6) is 0 Å². The zero-order valence-electron chi connectivity index (χ0n) is 15.7. The zero-order chi connectivity index (χ0) is 20.2. The van der Waals surface area contributed by atoms with E-state index < -0.39 is 5.60 Å². The largest absolute Gasteiger partial charge is 0.385 e. The van der Waals surface area contributed by atoms with E-state index in [1.165, 1.54) is 0 Å². The minimum Gasteiger partial charge on any atom is -0.385 e. The zero-order valence-corrected chi connectivity index (χ0v) is 17.2. The number of rotatable bonds is 3. The number of hydrogen-bond acceptors (Lipinski definition) is 3. The molecular formula is C22H21Cl2N3O2. The number of amides is 1. The Balaban J connectivity index is 1.31. The summed E-state index contributed by atoms with van der Waals surface area (Å²) in [6.07, 6.45) is 3.38. The van der Waals surface area contributed by atoms with E-state index in [2.05, 4.69) is 10.2 Å². The normalized spacial score (nSPS) is 26.2. The van der Waals surface area contributed by atoms with Crippen molar-refractivity contribution in [1.82, 2.24) is 15.1 Å². The van der Waals surface area contributed by atoms with E-state index in [1.54, 1.807) is 6.20 Å². The first-order chi connectivity index (χ1) is 13.9. The monoisotopic (exact) mass is 429 g/mol. The number of hydrogen-bond donors (Lipinski definition) is 2. The van der Waals surface area contributed by atoms with Gasteiger partial charge in [0, 0.05) is 28.5 Å². The number of fused-ring (bicyclic) bond motifs is 2. The molecule has 5 nitrogen and oxygen atoms in total. The van der Waals surface area contributed by atoms with E-state index in [0.29, 0.717) is 42.4 Å². The first kappa shape index (κ1) is 18.9. The Bertz CT molecular complexity index is 1070. The third-order valence-corrected chi connectivity index (χ3v) is 6.89. The second-order valence-corrected chi connectivity index (χ2v) is 9.22. The first-order valence-electron chi connectivity index (χ1n) is 9.79. The van der Waals surface area contributed by atoms with Crippen LogP contribution >= 0.6 is 23.2 Å². The second-order valence-electron chi connectivity index (χ2n) is 8.35. The van der Waals surface area contributed by atoms with E-state index in [4.69, 9.17) is 23.2 Å². The van der Waals surface area contributed by atoms with E-state index in [0.717, 1.165) is 22.0 Å². The molecular weight excluding hydrogens is 409 g/mol. The van der Waals surface area contributed by atoms with E-state index in [1.807, 2.05) is 41.3 Å². The number of aliphatic hydroxyl groups is 1. The lowest BCUT2D eigenvalue weighted by Gasteiger charge is -2.27. The highest BCUT2D eigenvalue weighted by Gasteiger charge is 2.50. The van der Waals surface area contributed by atoms with Gasteiger partial charge in [0.15, 0.2) is 0 Å². The average Bonchev–Trinajstić information content (AvgIpc) is 3.36. The number of carbonyl (C=O) groups excluding carboxylic acids is 1. The summed E-state index contributed by atoms with van der Waals surface area (Å²) in [4.78, 5) is 14.7. The maximum Gasteiger partial charge on any atom is 0.227 e. The summed E-state index contributed by atoms with van der Waals surface area (Å²) >= 11 is 12.2.